The Kier molecular flexibility index (Phi) is 58.0. The molecule has 0 aromatic heterocycles. The fourth-order valence-electron chi connectivity index (χ4n) is 8.52. The minimum absolute atomic E-state index is 0.134. The van der Waals surface area contributed by atoms with Gasteiger partial charge in [0.1, 0.15) is 13.2 Å². The third-order valence-electron chi connectivity index (χ3n) is 13.4. The Hall–Kier alpha value is -4.57. The van der Waals surface area contributed by atoms with Crippen LogP contribution >= 0.6 is 0 Å². The number of allylic oxidation sites excluding steroid dienone is 22. The number of ether oxygens (including phenoxy) is 4. The summed E-state index contributed by atoms with van der Waals surface area (Å²) in [5, 5.41) is 11.8. The SMILES string of the molecule is CC/C=C\C/C=C\C/C=C\C/C=C\C/C=C\C/C=C\CCCCCCCCCCCCCCCCCCCCCCC(=O)OC(COC(=O)CCC/C=C\C/C=C\C/C=C\C/C=C\C/C=C\CC)COC(OCC[N+](C)(C)C)C(=O)[O-]. The molecule has 0 aromatic rings. The van der Waals surface area contributed by atoms with Crippen molar-refractivity contribution in [3.63, 3.8) is 0 Å². The van der Waals surface area contributed by atoms with Crippen molar-refractivity contribution in [2.75, 3.05) is 47.5 Å². The topological polar surface area (TPSA) is 111 Å². The van der Waals surface area contributed by atoms with Gasteiger partial charge in [0.2, 0.25) is 0 Å². The van der Waals surface area contributed by atoms with Crippen molar-refractivity contribution in [3.05, 3.63) is 134 Å². The van der Waals surface area contributed by atoms with Crippen LogP contribution in [0, 0.1) is 0 Å². The lowest BCUT2D eigenvalue weighted by atomic mass is 10.0. The Labute approximate surface area is 497 Å². The lowest BCUT2D eigenvalue weighted by Crippen LogP contribution is -2.44. The molecule has 81 heavy (non-hydrogen) atoms. The molecule has 0 N–H and O–H groups in total. The summed E-state index contributed by atoms with van der Waals surface area (Å²) in [4.78, 5) is 37.3. The van der Waals surface area contributed by atoms with Crippen LogP contribution in [0.3, 0.4) is 0 Å². The van der Waals surface area contributed by atoms with Crippen LogP contribution in [0.25, 0.3) is 0 Å². The fraction of sp³-hybridized carbons (Fsp3) is 0.653. The van der Waals surface area contributed by atoms with Crippen LogP contribution in [0.1, 0.15) is 245 Å². The maximum Gasteiger partial charge on any atom is 0.306 e. The van der Waals surface area contributed by atoms with E-state index in [2.05, 4.69) is 148 Å². The molecule has 0 amide bonds. The lowest BCUT2D eigenvalue weighted by Gasteiger charge is -2.26. The monoisotopic (exact) mass is 1130 g/mol. The Morgan fingerprint density at radius 1 is 0.370 bits per heavy atom. The highest BCUT2D eigenvalue weighted by molar-refractivity contribution is 5.70. The largest absolute Gasteiger partial charge is 0.545 e. The number of hydrogen-bond acceptors (Lipinski definition) is 8. The molecule has 460 valence electrons. The van der Waals surface area contributed by atoms with Crippen molar-refractivity contribution in [3.8, 4) is 0 Å². The minimum atomic E-state index is -1.64. The zero-order valence-electron chi connectivity index (χ0n) is 52.4. The number of rotatable bonds is 58. The van der Waals surface area contributed by atoms with Crippen molar-refractivity contribution in [1.29, 1.82) is 0 Å². The number of carbonyl (C=O) groups excluding carboxylic acids is 3. The Bertz CT molecular complexity index is 1790. The van der Waals surface area contributed by atoms with Crippen molar-refractivity contribution in [2.45, 2.75) is 257 Å². The highest BCUT2D eigenvalue weighted by Crippen LogP contribution is 2.16. The van der Waals surface area contributed by atoms with Gasteiger partial charge in [-0.05, 0) is 103 Å². The Balaban J connectivity index is 4.09. The maximum absolute atomic E-state index is 12.9. The van der Waals surface area contributed by atoms with E-state index in [1.165, 1.54) is 109 Å². The molecule has 0 fully saturated rings. The molecule has 0 radical (unpaired) electrons. The van der Waals surface area contributed by atoms with E-state index >= 15 is 0 Å². The van der Waals surface area contributed by atoms with Crippen LogP contribution in [-0.4, -0.2) is 82.3 Å². The summed E-state index contributed by atoms with van der Waals surface area (Å²) in [7, 11) is 5.90. The molecule has 0 bridgehead atoms. The second-order valence-corrected chi connectivity index (χ2v) is 22.3. The Morgan fingerprint density at radius 3 is 1.02 bits per heavy atom. The normalized spacial score (nSPS) is 13.6. The van der Waals surface area contributed by atoms with E-state index in [9.17, 15) is 19.5 Å². The number of esters is 2. The molecule has 0 aromatic carbocycles. The smallest absolute Gasteiger partial charge is 0.306 e. The van der Waals surface area contributed by atoms with Crippen LogP contribution < -0.4 is 5.11 Å². The number of nitrogens with zero attached hydrogens (tertiary/aromatic N) is 1. The summed E-state index contributed by atoms with van der Waals surface area (Å²) < 4.78 is 22.6. The van der Waals surface area contributed by atoms with Gasteiger partial charge >= 0.3 is 11.9 Å². The van der Waals surface area contributed by atoms with Crippen LogP contribution in [0.5, 0.6) is 0 Å². The van der Waals surface area contributed by atoms with Gasteiger partial charge in [-0.3, -0.25) is 9.59 Å². The molecule has 0 rings (SSSR count). The zero-order valence-corrected chi connectivity index (χ0v) is 52.4. The standard InChI is InChI=1S/C72H119NO8/c1-6-8-10-12-14-16-18-20-22-24-25-26-27-28-29-30-31-32-33-34-35-36-37-38-39-40-41-42-43-44-45-47-49-51-53-55-57-59-61-63-70(75)81-68(67-80-72(71(76)77)78-65-64-73(3,4)5)66-79-69(74)62-60-58-56-54-52-50-48-46-23-21-19-17-15-13-11-9-7-2/h8-11,14-17,20-23,25-26,28-29,31-32,48,50,54,56,68,72H,6-7,12-13,18-19,24,27,30,33-47,49,51-53,55,57-67H2,1-5H3/b10-8-,11-9-,16-14-,17-15-,22-20-,23-21-,26-25-,29-28-,32-31-,50-48-,56-54-. The van der Waals surface area contributed by atoms with Gasteiger partial charge in [0, 0.05) is 12.8 Å². The quantitative estimate of drug-likeness (QED) is 0.0195. The van der Waals surface area contributed by atoms with Crippen molar-refractivity contribution in [2.24, 2.45) is 0 Å². The van der Waals surface area contributed by atoms with Gasteiger partial charge in [-0.15, -0.1) is 0 Å². The molecule has 0 saturated carbocycles. The first-order chi connectivity index (χ1) is 39.6. The van der Waals surface area contributed by atoms with E-state index in [-0.39, 0.29) is 32.7 Å². The third kappa shape index (κ3) is 62.9. The number of aliphatic carboxylic acids is 1. The van der Waals surface area contributed by atoms with E-state index in [4.69, 9.17) is 18.9 Å². The average molecular weight is 1130 g/mol. The third-order valence-corrected chi connectivity index (χ3v) is 13.4. The van der Waals surface area contributed by atoms with Gasteiger partial charge < -0.3 is 33.3 Å². The first-order valence-corrected chi connectivity index (χ1v) is 32.3. The summed E-state index contributed by atoms with van der Waals surface area (Å²) in [5.74, 6) is -2.37. The van der Waals surface area contributed by atoms with Crippen molar-refractivity contribution in [1.82, 2.24) is 0 Å². The molecule has 0 aliphatic carbocycles. The summed E-state index contributed by atoms with van der Waals surface area (Å²) in [6, 6.07) is 0. The molecule has 9 heteroatoms. The number of hydrogen-bond donors (Lipinski definition) is 0. The second kappa shape index (κ2) is 61.5. The van der Waals surface area contributed by atoms with E-state index in [0.717, 1.165) is 96.3 Å². The van der Waals surface area contributed by atoms with Crippen molar-refractivity contribution < 1.29 is 42.9 Å². The van der Waals surface area contributed by atoms with Crippen LogP contribution in [0.2, 0.25) is 0 Å². The summed E-state index contributed by atoms with van der Waals surface area (Å²) in [6.07, 6.45) is 85.4. The van der Waals surface area contributed by atoms with Gasteiger partial charge in [-0.2, -0.15) is 0 Å². The molecule has 0 saturated heterocycles. The molecule has 0 aliphatic heterocycles. The molecular formula is C72H119NO8. The highest BCUT2D eigenvalue weighted by Gasteiger charge is 2.22. The summed E-state index contributed by atoms with van der Waals surface area (Å²) in [5.41, 5.74) is 0. The predicted molar refractivity (Wildman–Crippen MR) is 343 cm³/mol. The molecule has 0 heterocycles. The highest BCUT2D eigenvalue weighted by atomic mass is 16.7. The first kappa shape index (κ1) is 76.4. The fourth-order valence-corrected chi connectivity index (χ4v) is 8.52. The molecule has 0 aliphatic rings. The average Bonchev–Trinajstić information content (AvgIpc) is 3.44. The van der Waals surface area contributed by atoms with Crippen LogP contribution in [0.4, 0.5) is 0 Å². The van der Waals surface area contributed by atoms with Gasteiger partial charge in [-0.25, -0.2) is 0 Å². The number of carboxylic acid groups (broad SMARTS) is 1. The van der Waals surface area contributed by atoms with Gasteiger partial charge in [0.25, 0.3) is 0 Å². The van der Waals surface area contributed by atoms with E-state index in [0.29, 0.717) is 23.9 Å². The second-order valence-electron chi connectivity index (χ2n) is 22.3. The lowest BCUT2D eigenvalue weighted by molar-refractivity contribution is -0.870. The van der Waals surface area contributed by atoms with Gasteiger partial charge in [-0.1, -0.05) is 263 Å². The van der Waals surface area contributed by atoms with E-state index in [1.54, 1.807) is 0 Å². The Morgan fingerprint density at radius 2 is 0.679 bits per heavy atom. The molecule has 2 unspecified atom stereocenters. The first-order valence-electron chi connectivity index (χ1n) is 32.3. The summed E-state index contributed by atoms with van der Waals surface area (Å²) >= 11 is 0. The molecule has 2 atom stereocenters. The number of quaternary nitrogens is 1. The number of unbranched alkanes of at least 4 members (excludes halogenated alkanes) is 21. The molecule has 0 spiro atoms. The predicted octanol–water partition coefficient (Wildman–Crippen LogP) is 18.5. The van der Waals surface area contributed by atoms with E-state index < -0.39 is 30.3 Å². The number of carbonyl (C=O) groups is 3. The zero-order chi connectivity index (χ0) is 59.1. The van der Waals surface area contributed by atoms with Crippen molar-refractivity contribution >= 4 is 17.9 Å². The molecular weight excluding hydrogens is 1010 g/mol. The van der Waals surface area contributed by atoms with Gasteiger partial charge in [0.15, 0.2) is 12.4 Å². The van der Waals surface area contributed by atoms with Crippen LogP contribution in [0.15, 0.2) is 134 Å². The summed E-state index contributed by atoms with van der Waals surface area (Å²) in [6.45, 7) is 4.45. The maximum atomic E-state index is 12.9. The number of likely N-dealkylation sites (N-methyl/N-ethyl adjacent to an activating group) is 1. The van der Waals surface area contributed by atoms with E-state index in [1.807, 2.05) is 21.1 Å². The van der Waals surface area contributed by atoms with Gasteiger partial charge in [0.05, 0.1) is 40.3 Å². The van der Waals surface area contributed by atoms with Crippen LogP contribution in [-0.2, 0) is 33.3 Å². The molecule has 9 nitrogen and oxygen atoms in total. The minimum Gasteiger partial charge on any atom is -0.545 e. The number of carboxylic acids is 1.